The Labute approximate surface area is 437 Å². The third kappa shape index (κ3) is 56.6. The monoisotopic (exact) mass is 983 g/mol. The molecule has 0 aromatic heterocycles. The zero-order valence-electron chi connectivity index (χ0n) is 45.9. The fourth-order valence-corrected chi connectivity index (χ4v) is 7.64. The van der Waals surface area contributed by atoms with Crippen molar-refractivity contribution in [2.45, 2.75) is 258 Å². The van der Waals surface area contributed by atoms with E-state index in [-0.39, 0.29) is 37.5 Å². The summed E-state index contributed by atoms with van der Waals surface area (Å²) in [6.45, 7) is 6.33. The van der Waals surface area contributed by atoms with Crippen molar-refractivity contribution in [3.8, 4) is 0 Å². The summed E-state index contributed by atoms with van der Waals surface area (Å²) < 4.78 is 16.8. The minimum absolute atomic E-state index is 0.117. The first-order valence-electron chi connectivity index (χ1n) is 29.0. The topological polar surface area (TPSA) is 78.9 Å². The first-order valence-corrected chi connectivity index (χ1v) is 29.0. The van der Waals surface area contributed by atoms with E-state index >= 15 is 0 Å². The number of rotatable bonds is 51. The highest BCUT2D eigenvalue weighted by molar-refractivity contribution is 5.71. The van der Waals surface area contributed by atoms with Crippen LogP contribution in [-0.2, 0) is 28.6 Å². The lowest BCUT2D eigenvalue weighted by Crippen LogP contribution is -2.30. The summed E-state index contributed by atoms with van der Waals surface area (Å²) in [5, 5.41) is 0. The maximum Gasteiger partial charge on any atom is 0.306 e. The molecule has 0 heterocycles. The van der Waals surface area contributed by atoms with E-state index < -0.39 is 6.10 Å². The predicted octanol–water partition coefficient (Wildman–Crippen LogP) is 19.6. The van der Waals surface area contributed by atoms with Gasteiger partial charge < -0.3 is 14.2 Å². The van der Waals surface area contributed by atoms with Crippen molar-refractivity contribution >= 4 is 17.9 Å². The molecule has 71 heavy (non-hydrogen) atoms. The van der Waals surface area contributed by atoms with Gasteiger partial charge in [-0.2, -0.15) is 0 Å². The van der Waals surface area contributed by atoms with Gasteiger partial charge in [-0.1, -0.05) is 232 Å². The number of carbonyl (C=O) groups is 3. The van der Waals surface area contributed by atoms with Crippen LogP contribution in [0.1, 0.15) is 252 Å². The zero-order chi connectivity index (χ0) is 51.4. The fourth-order valence-electron chi connectivity index (χ4n) is 7.64. The Morgan fingerprint density at radius 1 is 0.296 bits per heavy atom. The normalized spacial score (nSPS) is 13.0. The summed E-state index contributed by atoms with van der Waals surface area (Å²) >= 11 is 0. The van der Waals surface area contributed by atoms with Gasteiger partial charge in [-0.15, -0.1) is 0 Å². The molecule has 0 spiro atoms. The standard InChI is InChI=1S/C65H106O6/c1-4-7-10-13-16-19-22-25-28-30-31-32-33-35-37-40-43-46-49-52-55-58-64(67)70-61-62(60-69-63(66)57-54-51-48-45-42-39-36-27-24-21-18-15-12-9-6-3)71-65(68)59-56-53-50-47-44-41-38-34-29-26-23-20-17-14-11-8-5-2/h8-9,11-12,17-18,20-21,25-29,36,38,41-42,45,47,50,62H,4-7,10,13-16,19,22-24,30-35,37,39-40,43-44,46,48-49,51-61H2,1-3H3/b11-8-,12-9-,20-17-,21-18-,28-25-,29-26-,36-27-,41-38-,45-42-,50-47-/t62-/m1/s1. The van der Waals surface area contributed by atoms with Gasteiger partial charge in [-0.3, -0.25) is 14.4 Å². The van der Waals surface area contributed by atoms with Gasteiger partial charge in [0.1, 0.15) is 13.2 Å². The van der Waals surface area contributed by atoms with E-state index in [0.29, 0.717) is 25.7 Å². The lowest BCUT2D eigenvalue weighted by molar-refractivity contribution is -0.167. The summed E-state index contributed by atoms with van der Waals surface area (Å²) in [5.41, 5.74) is 0. The molecular formula is C65H106O6. The molecule has 0 bridgehead atoms. The minimum atomic E-state index is -0.829. The van der Waals surface area contributed by atoms with Crippen molar-refractivity contribution in [2.24, 2.45) is 0 Å². The molecule has 402 valence electrons. The van der Waals surface area contributed by atoms with Crippen molar-refractivity contribution in [1.82, 2.24) is 0 Å². The Bertz CT molecular complexity index is 1500. The van der Waals surface area contributed by atoms with E-state index in [9.17, 15) is 14.4 Å². The number of esters is 3. The molecule has 0 N–H and O–H groups in total. The Morgan fingerprint density at radius 2 is 0.563 bits per heavy atom. The first kappa shape index (κ1) is 66.8. The second-order valence-electron chi connectivity index (χ2n) is 18.8. The van der Waals surface area contributed by atoms with Crippen molar-refractivity contribution in [1.29, 1.82) is 0 Å². The third-order valence-electron chi connectivity index (χ3n) is 11.9. The molecule has 0 fully saturated rings. The second-order valence-corrected chi connectivity index (χ2v) is 18.8. The Morgan fingerprint density at radius 3 is 0.944 bits per heavy atom. The largest absolute Gasteiger partial charge is 0.462 e. The van der Waals surface area contributed by atoms with Crippen LogP contribution in [0.2, 0.25) is 0 Å². The average Bonchev–Trinajstić information content (AvgIpc) is 3.37. The molecule has 6 heteroatoms. The van der Waals surface area contributed by atoms with E-state index in [1.165, 1.54) is 103 Å². The number of carbonyl (C=O) groups excluding carboxylic acids is 3. The lowest BCUT2D eigenvalue weighted by atomic mass is 10.0. The van der Waals surface area contributed by atoms with E-state index in [0.717, 1.165) is 96.3 Å². The van der Waals surface area contributed by atoms with Gasteiger partial charge in [0.05, 0.1) is 0 Å². The van der Waals surface area contributed by atoms with Crippen LogP contribution >= 0.6 is 0 Å². The van der Waals surface area contributed by atoms with Crippen LogP contribution in [-0.4, -0.2) is 37.2 Å². The molecule has 0 aliphatic heterocycles. The fraction of sp³-hybridized carbons (Fsp3) is 0.646. The van der Waals surface area contributed by atoms with Gasteiger partial charge in [-0.25, -0.2) is 0 Å². The van der Waals surface area contributed by atoms with Gasteiger partial charge in [0.2, 0.25) is 0 Å². The van der Waals surface area contributed by atoms with E-state index in [2.05, 4.69) is 142 Å². The smallest absolute Gasteiger partial charge is 0.306 e. The minimum Gasteiger partial charge on any atom is -0.462 e. The Kier molecular flexibility index (Phi) is 54.9. The van der Waals surface area contributed by atoms with E-state index in [1.54, 1.807) is 0 Å². The van der Waals surface area contributed by atoms with Crippen LogP contribution in [0.3, 0.4) is 0 Å². The summed E-state index contributed by atoms with van der Waals surface area (Å²) in [6, 6.07) is 0. The van der Waals surface area contributed by atoms with Gasteiger partial charge in [0, 0.05) is 19.3 Å². The second kappa shape index (κ2) is 58.4. The van der Waals surface area contributed by atoms with Gasteiger partial charge in [0.15, 0.2) is 6.10 Å². The highest BCUT2D eigenvalue weighted by Crippen LogP contribution is 2.14. The molecule has 0 amide bonds. The Hall–Kier alpha value is -4.19. The van der Waals surface area contributed by atoms with Crippen LogP contribution in [0.15, 0.2) is 122 Å². The molecule has 0 saturated carbocycles. The van der Waals surface area contributed by atoms with Gasteiger partial charge >= 0.3 is 17.9 Å². The van der Waals surface area contributed by atoms with E-state index in [1.807, 2.05) is 0 Å². The summed E-state index contributed by atoms with van der Waals surface area (Å²) in [6.07, 6.45) is 80.6. The maximum absolute atomic E-state index is 12.8. The highest BCUT2D eigenvalue weighted by atomic mass is 16.6. The van der Waals surface area contributed by atoms with Crippen molar-refractivity contribution < 1.29 is 28.6 Å². The molecule has 0 saturated heterocycles. The Balaban J connectivity index is 4.49. The SMILES string of the molecule is CC/C=C\C/C=C\C/C=C\C/C=C\C/C=C\CCCC(=O)O[C@H](COC(=O)CCCC/C=C\C/C=C\C/C=C\C/C=C\CC)COC(=O)CCCCCCCCCCCCC/C=C\CCCCCCCC. The average molecular weight is 984 g/mol. The maximum atomic E-state index is 12.8. The summed E-state index contributed by atoms with van der Waals surface area (Å²) in [4.78, 5) is 38.1. The summed E-state index contributed by atoms with van der Waals surface area (Å²) in [5.74, 6) is -1.02. The highest BCUT2D eigenvalue weighted by Gasteiger charge is 2.19. The molecule has 0 aromatic rings. The van der Waals surface area contributed by atoms with Crippen LogP contribution in [0.4, 0.5) is 0 Å². The molecule has 1 atom stereocenters. The number of allylic oxidation sites excluding steroid dienone is 20. The number of hydrogen-bond acceptors (Lipinski definition) is 6. The number of hydrogen-bond donors (Lipinski definition) is 0. The van der Waals surface area contributed by atoms with Crippen molar-refractivity contribution in [3.63, 3.8) is 0 Å². The van der Waals surface area contributed by atoms with Crippen LogP contribution in [0.25, 0.3) is 0 Å². The zero-order valence-corrected chi connectivity index (χ0v) is 45.9. The molecular weight excluding hydrogens is 877 g/mol. The van der Waals surface area contributed by atoms with Crippen LogP contribution in [0.5, 0.6) is 0 Å². The first-order chi connectivity index (χ1) is 35.0. The van der Waals surface area contributed by atoms with Gasteiger partial charge in [0.25, 0.3) is 0 Å². The van der Waals surface area contributed by atoms with E-state index in [4.69, 9.17) is 14.2 Å². The lowest BCUT2D eigenvalue weighted by Gasteiger charge is -2.18. The molecule has 6 nitrogen and oxygen atoms in total. The molecule has 0 unspecified atom stereocenters. The number of unbranched alkanes of at least 4 members (excludes halogenated alkanes) is 20. The predicted molar refractivity (Wildman–Crippen MR) is 306 cm³/mol. The molecule has 0 aliphatic carbocycles. The quantitative estimate of drug-likeness (QED) is 0.0261. The van der Waals surface area contributed by atoms with Gasteiger partial charge in [-0.05, 0) is 122 Å². The molecule has 0 rings (SSSR count). The molecule has 0 aliphatic rings. The molecule has 0 aromatic carbocycles. The van der Waals surface area contributed by atoms with Crippen molar-refractivity contribution in [3.05, 3.63) is 122 Å². The van der Waals surface area contributed by atoms with Crippen LogP contribution < -0.4 is 0 Å². The van der Waals surface area contributed by atoms with Crippen molar-refractivity contribution in [2.75, 3.05) is 13.2 Å². The number of ether oxygens (including phenoxy) is 3. The molecule has 0 radical (unpaired) electrons. The third-order valence-corrected chi connectivity index (χ3v) is 11.9. The van der Waals surface area contributed by atoms with Crippen LogP contribution in [0, 0.1) is 0 Å². The summed E-state index contributed by atoms with van der Waals surface area (Å²) in [7, 11) is 0.